The minimum absolute atomic E-state index is 0.00146. The Hall–Kier alpha value is -3.44. The molecular formula is C35H39F2NO7. The molecule has 0 amide bonds. The molecule has 2 aromatic rings. The second kappa shape index (κ2) is 10.8. The molecule has 0 heterocycles. The number of benzene rings is 2. The Morgan fingerprint density at radius 1 is 1.16 bits per heavy atom. The second-order valence-electron chi connectivity index (χ2n) is 13.6. The molecule has 2 aromatic carbocycles. The molecule has 3 fully saturated rings. The van der Waals surface area contributed by atoms with Crippen molar-refractivity contribution in [2.45, 2.75) is 75.8 Å². The number of ether oxygens (including phenoxy) is 1. The minimum atomic E-state index is -2.34. The summed E-state index contributed by atoms with van der Waals surface area (Å²) in [5.74, 6) is -2.99. The maximum atomic E-state index is 17.5. The van der Waals surface area contributed by atoms with Crippen molar-refractivity contribution in [2.24, 2.45) is 22.7 Å². The minimum Gasteiger partial charge on any atom is -0.508 e. The largest absolute Gasteiger partial charge is 0.508 e. The monoisotopic (exact) mass is 623 g/mol. The molecule has 0 aliphatic heterocycles. The van der Waals surface area contributed by atoms with Crippen molar-refractivity contribution < 1.29 is 43.5 Å². The number of aromatic hydroxyl groups is 1. The molecule has 4 aliphatic rings. The van der Waals surface area contributed by atoms with E-state index in [2.05, 4.69) is 0 Å². The first-order valence-electron chi connectivity index (χ1n) is 15.3. The van der Waals surface area contributed by atoms with E-state index >= 15 is 8.78 Å². The predicted molar refractivity (Wildman–Crippen MR) is 161 cm³/mol. The Labute approximate surface area is 260 Å². The topological polar surface area (TPSA) is 150 Å². The van der Waals surface area contributed by atoms with Crippen molar-refractivity contribution in [3.05, 3.63) is 83.0 Å². The molecule has 6 N–H and O–H groups in total. The van der Waals surface area contributed by atoms with E-state index in [1.165, 1.54) is 25.1 Å². The molecule has 0 spiro atoms. The van der Waals surface area contributed by atoms with Gasteiger partial charge in [-0.25, -0.2) is 8.78 Å². The normalized spacial score (nSPS) is 37.8. The van der Waals surface area contributed by atoms with Gasteiger partial charge in [0.1, 0.15) is 24.1 Å². The summed E-state index contributed by atoms with van der Waals surface area (Å²) in [5, 5.41) is 43.8. The van der Waals surface area contributed by atoms with Crippen molar-refractivity contribution in [3.63, 3.8) is 0 Å². The second-order valence-corrected chi connectivity index (χ2v) is 13.6. The van der Waals surface area contributed by atoms with Crippen molar-refractivity contribution in [1.82, 2.24) is 0 Å². The molecule has 3 saturated carbocycles. The zero-order valence-corrected chi connectivity index (χ0v) is 25.2. The van der Waals surface area contributed by atoms with Crippen LogP contribution in [-0.2, 0) is 20.7 Å². The van der Waals surface area contributed by atoms with E-state index in [1.54, 1.807) is 31.2 Å². The Morgan fingerprint density at radius 2 is 1.87 bits per heavy atom. The van der Waals surface area contributed by atoms with Crippen molar-refractivity contribution >= 4 is 17.3 Å². The molecule has 9 atom stereocenters. The molecule has 45 heavy (non-hydrogen) atoms. The SMILES string of the molecule is CC12C=CC(=O)C=C1[C@@H](F)CC1[C@@H]3CC[C@](O[C@@H](O)c4ccc(Cc5ccc(N)cc5)c(O)c4)(C(=O)CO)C3(C)CC(O)[C@@]12F. The number of phenols is 1. The lowest BCUT2D eigenvalue weighted by Gasteiger charge is -2.63. The lowest BCUT2D eigenvalue weighted by atomic mass is 9.44. The van der Waals surface area contributed by atoms with Gasteiger partial charge in [-0.15, -0.1) is 0 Å². The van der Waals surface area contributed by atoms with Gasteiger partial charge in [-0.05, 0) is 85.6 Å². The molecule has 0 aromatic heterocycles. The van der Waals surface area contributed by atoms with Crippen LogP contribution in [0.15, 0.2) is 66.3 Å². The Morgan fingerprint density at radius 3 is 2.53 bits per heavy atom. The fraction of sp³-hybridized carbons (Fsp3) is 0.486. The van der Waals surface area contributed by atoms with Crippen LogP contribution in [0.1, 0.15) is 62.5 Å². The van der Waals surface area contributed by atoms with Gasteiger partial charge in [-0.1, -0.05) is 37.3 Å². The number of fused-ring (bicyclic) bond motifs is 5. The standard InChI is InChI=1S/C35H39F2NO7/c1-32-11-9-23(40)15-26(32)27(36)16-25-24-10-12-34(30(43)18-39,33(24,2)17-29(42)35(25,32)37)45-31(44)21-6-5-20(28(41)14-21)13-19-3-7-22(38)8-4-19/h3-9,11,14-15,24-25,27,29,31,39,41-42,44H,10,12-13,16-18,38H2,1-2H3/t24-,25?,27-,29?,31+,32?,33?,34-,35-/m0/s1. The number of nitrogens with two attached hydrogens (primary N) is 1. The Balaban J connectivity index is 1.32. The van der Waals surface area contributed by atoms with E-state index < -0.39 is 70.7 Å². The van der Waals surface area contributed by atoms with Gasteiger partial charge in [0.2, 0.25) is 0 Å². The first-order valence-corrected chi connectivity index (χ1v) is 15.3. The highest BCUT2D eigenvalue weighted by molar-refractivity contribution is 6.01. The summed E-state index contributed by atoms with van der Waals surface area (Å²) < 4.78 is 39.4. The van der Waals surface area contributed by atoms with Crippen LogP contribution in [0.5, 0.6) is 5.75 Å². The number of anilines is 1. The number of allylic oxidation sites excluding steroid dienone is 4. The number of rotatable bonds is 7. The lowest BCUT2D eigenvalue weighted by Crippen LogP contribution is -2.70. The van der Waals surface area contributed by atoms with Crippen LogP contribution in [0.4, 0.5) is 14.5 Å². The van der Waals surface area contributed by atoms with E-state index in [0.717, 1.165) is 11.6 Å². The van der Waals surface area contributed by atoms with Gasteiger partial charge < -0.3 is 30.9 Å². The van der Waals surface area contributed by atoms with E-state index in [1.807, 2.05) is 12.1 Å². The van der Waals surface area contributed by atoms with Crippen LogP contribution in [-0.4, -0.2) is 62.1 Å². The summed E-state index contributed by atoms with van der Waals surface area (Å²) in [7, 11) is 0. The molecule has 6 rings (SSSR count). The molecule has 0 radical (unpaired) electrons. The van der Waals surface area contributed by atoms with E-state index in [0.29, 0.717) is 17.7 Å². The van der Waals surface area contributed by atoms with Crippen molar-refractivity contribution in [3.8, 4) is 5.75 Å². The number of aliphatic hydroxyl groups is 3. The molecule has 0 saturated heterocycles. The summed E-state index contributed by atoms with van der Waals surface area (Å²) in [6.07, 6.45) is -1.33. The van der Waals surface area contributed by atoms with Crippen LogP contribution >= 0.6 is 0 Å². The number of hydrogen-bond acceptors (Lipinski definition) is 8. The Bertz CT molecular complexity index is 1590. The molecule has 4 unspecified atom stereocenters. The number of hydrogen-bond donors (Lipinski definition) is 5. The highest BCUT2D eigenvalue weighted by Crippen LogP contribution is 2.71. The summed E-state index contributed by atoms with van der Waals surface area (Å²) in [6.45, 7) is 2.24. The number of carbonyl (C=O) groups excluding carboxylic acids is 2. The molecule has 0 bridgehead atoms. The number of alkyl halides is 2. The van der Waals surface area contributed by atoms with Crippen LogP contribution in [0, 0.1) is 22.7 Å². The summed E-state index contributed by atoms with van der Waals surface area (Å²) in [4.78, 5) is 25.7. The van der Waals surface area contributed by atoms with Gasteiger partial charge in [0.15, 0.2) is 23.5 Å². The average molecular weight is 624 g/mol. The Kier molecular flexibility index (Phi) is 7.59. The number of phenolic OH excluding ortho intramolecular Hbond substituents is 1. The van der Waals surface area contributed by atoms with Crippen LogP contribution in [0.25, 0.3) is 0 Å². The highest BCUT2D eigenvalue weighted by atomic mass is 19.1. The lowest BCUT2D eigenvalue weighted by molar-refractivity contribution is -0.260. The maximum Gasteiger partial charge on any atom is 0.190 e. The zero-order chi connectivity index (χ0) is 32.5. The van der Waals surface area contributed by atoms with Gasteiger partial charge in [0.25, 0.3) is 0 Å². The third-order valence-electron chi connectivity index (χ3n) is 11.4. The molecule has 8 nitrogen and oxygen atoms in total. The van der Waals surface area contributed by atoms with Gasteiger partial charge in [0.05, 0.1) is 6.10 Å². The van der Waals surface area contributed by atoms with Gasteiger partial charge in [-0.3, -0.25) is 9.59 Å². The number of aliphatic hydroxyl groups excluding tert-OH is 3. The third kappa shape index (κ3) is 4.52. The van der Waals surface area contributed by atoms with Crippen LogP contribution in [0.3, 0.4) is 0 Å². The van der Waals surface area contributed by atoms with Gasteiger partial charge >= 0.3 is 0 Å². The van der Waals surface area contributed by atoms with Crippen LogP contribution < -0.4 is 5.73 Å². The highest BCUT2D eigenvalue weighted by Gasteiger charge is 2.76. The van der Waals surface area contributed by atoms with E-state index in [9.17, 15) is 30.0 Å². The first kappa shape index (κ1) is 31.5. The van der Waals surface area contributed by atoms with Crippen LogP contribution in [0.2, 0.25) is 0 Å². The number of halogens is 2. The average Bonchev–Trinajstić information content (AvgIpc) is 3.29. The number of Topliss-reactive ketones (excluding diaryl/α,β-unsaturated/α-hetero) is 1. The van der Waals surface area contributed by atoms with E-state index in [-0.39, 0.29) is 42.6 Å². The fourth-order valence-electron chi connectivity index (χ4n) is 9.03. The quantitative estimate of drug-likeness (QED) is 0.228. The zero-order valence-electron chi connectivity index (χ0n) is 25.2. The molecule has 10 heteroatoms. The molecule has 4 aliphatic carbocycles. The third-order valence-corrected chi connectivity index (χ3v) is 11.4. The summed E-state index contributed by atoms with van der Waals surface area (Å²) in [5.41, 5.74) is 0.954. The number of carbonyl (C=O) groups is 2. The predicted octanol–water partition coefficient (Wildman–Crippen LogP) is 4.19. The van der Waals surface area contributed by atoms with E-state index in [4.69, 9.17) is 10.5 Å². The smallest absolute Gasteiger partial charge is 0.190 e. The van der Waals surface area contributed by atoms with Crippen molar-refractivity contribution in [1.29, 1.82) is 0 Å². The number of nitrogen functional groups attached to an aromatic ring is 1. The summed E-state index contributed by atoms with van der Waals surface area (Å²) in [6, 6.07) is 11.7. The van der Waals surface area contributed by atoms with Gasteiger partial charge in [0, 0.05) is 34.4 Å². The number of ketones is 2. The fourth-order valence-corrected chi connectivity index (χ4v) is 9.03. The van der Waals surface area contributed by atoms with Gasteiger partial charge in [-0.2, -0.15) is 0 Å². The maximum absolute atomic E-state index is 17.5. The molecular weight excluding hydrogens is 584 g/mol. The van der Waals surface area contributed by atoms with Crippen molar-refractivity contribution in [2.75, 3.05) is 12.3 Å². The summed E-state index contributed by atoms with van der Waals surface area (Å²) >= 11 is 0. The first-order chi connectivity index (χ1) is 21.2. The molecule has 240 valence electrons.